The van der Waals surface area contributed by atoms with E-state index in [4.69, 9.17) is 0 Å². The van der Waals surface area contributed by atoms with Crippen LogP contribution in [0.3, 0.4) is 0 Å². The van der Waals surface area contributed by atoms with Crippen molar-refractivity contribution >= 4 is 22.8 Å². The molecule has 1 aromatic carbocycles. The SMILES string of the molecule is Cc1nn(C)c(N2CCN(Cc3ccc(-c4cccc(F)c4)s3)CC2)c1[N+](=O)[O-]. The normalized spacial score (nSPS) is 15.1. The molecule has 1 fully saturated rings. The molecule has 7 nitrogen and oxygen atoms in total. The maximum Gasteiger partial charge on any atom is 0.333 e. The Morgan fingerprint density at radius 2 is 1.97 bits per heavy atom. The Morgan fingerprint density at radius 1 is 1.21 bits per heavy atom. The van der Waals surface area contributed by atoms with Crippen molar-refractivity contribution in [3.05, 3.63) is 62.9 Å². The minimum absolute atomic E-state index is 0.0962. The second-order valence-electron chi connectivity index (χ2n) is 7.18. The molecule has 3 aromatic rings. The zero-order valence-electron chi connectivity index (χ0n) is 16.3. The lowest BCUT2D eigenvalue weighted by Gasteiger charge is -2.35. The summed E-state index contributed by atoms with van der Waals surface area (Å²) in [6.07, 6.45) is 0. The van der Waals surface area contributed by atoms with Crippen LogP contribution in [0.15, 0.2) is 36.4 Å². The molecule has 1 aliphatic heterocycles. The van der Waals surface area contributed by atoms with Gasteiger partial charge in [-0.05, 0) is 36.8 Å². The van der Waals surface area contributed by atoms with Crippen molar-refractivity contribution < 1.29 is 9.31 Å². The maximum absolute atomic E-state index is 13.5. The average molecular weight is 415 g/mol. The average Bonchev–Trinajstić information content (AvgIpc) is 3.26. The van der Waals surface area contributed by atoms with E-state index in [9.17, 15) is 14.5 Å². The Labute approximate surface area is 172 Å². The lowest BCUT2D eigenvalue weighted by atomic mass is 10.2. The van der Waals surface area contributed by atoms with Gasteiger partial charge in [-0.2, -0.15) is 5.10 Å². The van der Waals surface area contributed by atoms with Crippen LogP contribution < -0.4 is 4.90 Å². The van der Waals surface area contributed by atoms with Gasteiger partial charge in [-0.3, -0.25) is 15.0 Å². The molecular formula is C20H22FN5O2S. The number of nitro groups is 1. The molecule has 0 saturated carbocycles. The van der Waals surface area contributed by atoms with Gasteiger partial charge in [0.25, 0.3) is 0 Å². The molecule has 0 spiro atoms. The van der Waals surface area contributed by atoms with E-state index in [1.54, 1.807) is 42.1 Å². The van der Waals surface area contributed by atoms with Crippen molar-refractivity contribution in [3.63, 3.8) is 0 Å². The highest BCUT2D eigenvalue weighted by molar-refractivity contribution is 7.15. The van der Waals surface area contributed by atoms with Crippen LogP contribution >= 0.6 is 11.3 Å². The van der Waals surface area contributed by atoms with E-state index in [0.29, 0.717) is 24.6 Å². The number of piperazine rings is 1. The maximum atomic E-state index is 13.5. The van der Waals surface area contributed by atoms with Crippen LogP contribution in [0.4, 0.5) is 15.9 Å². The number of nitrogens with zero attached hydrogens (tertiary/aromatic N) is 5. The molecule has 1 saturated heterocycles. The predicted molar refractivity (Wildman–Crippen MR) is 112 cm³/mol. The molecule has 29 heavy (non-hydrogen) atoms. The standard InChI is InChI=1S/C20H22FN5O2S/c1-14-19(26(27)28)20(23(2)22-14)25-10-8-24(9-11-25)13-17-6-7-18(29-17)15-4-3-5-16(21)12-15/h3-7,12H,8-11,13H2,1-2H3. The van der Waals surface area contributed by atoms with Crippen LogP contribution in [0.2, 0.25) is 0 Å². The fraction of sp³-hybridized carbons (Fsp3) is 0.350. The number of hydrogen-bond donors (Lipinski definition) is 0. The number of aromatic nitrogens is 2. The van der Waals surface area contributed by atoms with Crippen LogP contribution in [0.5, 0.6) is 0 Å². The van der Waals surface area contributed by atoms with Gasteiger partial charge in [0, 0.05) is 49.5 Å². The monoisotopic (exact) mass is 415 g/mol. The van der Waals surface area contributed by atoms with Gasteiger partial charge in [0.15, 0.2) is 0 Å². The first-order valence-corrected chi connectivity index (χ1v) is 10.2. The smallest absolute Gasteiger partial charge is 0.333 e. The van der Waals surface area contributed by atoms with Gasteiger partial charge < -0.3 is 4.90 Å². The molecule has 0 radical (unpaired) electrons. The van der Waals surface area contributed by atoms with Crippen molar-refractivity contribution in [2.45, 2.75) is 13.5 Å². The van der Waals surface area contributed by atoms with E-state index < -0.39 is 0 Å². The van der Waals surface area contributed by atoms with E-state index in [0.717, 1.165) is 30.1 Å². The molecule has 0 unspecified atom stereocenters. The molecule has 1 aliphatic rings. The second-order valence-corrected chi connectivity index (χ2v) is 8.35. The number of aryl methyl sites for hydroxylation is 2. The Morgan fingerprint density at radius 3 is 2.66 bits per heavy atom. The van der Waals surface area contributed by atoms with Crippen molar-refractivity contribution in [1.82, 2.24) is 14.7 Å². The van der Waals surface area contributed by atoms with E-state index in [2.05, 4.69) is 16.1 Å². The first-order chi connectivity index (χ1) is 13.9. The molecule has 2 aromatic heterocycles. The highest BCUT2D eigenvalue weighted by atomic mass is 32.1. The molecule has 0 amide bonds. The fourth-order valence-electron chi connectivity index (χ4n) is 3.80. The summed E-state index contributed by atoms with van der Waals surface area (Å²) in [4.78, 5) is 17.8. The van der Waals surface area contributed by atoms with Crippen LogP contribution in [0.25, 0.3) is 10.4 Å². The summed E-state index contributed by atoms with van der Waals surface area (Å²) >= 11 is 1.67. The molecule has 0 N–H and O–H groups in total. The Bertz CT molecular complexity index is 1040. The van der Waals surface area contributed by atoms with Crippen LogP contribution in [-0.4, -0.2) is 45.8 Å². The van der Waals surface area contributed by atoms with Crippen LogP contribution in [-0.2, 0) is 13.6 Å². The molecule has 3 heterocycles. The van der Waals surface area contributed by atoms with Gasteiger partial charge >= 0.3 is 5.69 Å². The van der Waals surface area contributed by atoms with E-state index >= 15 is 0 Å². The third kappa shape index (κ3) is 4.01. The van der Waals surface area contributed by atoms with Crippen molar-refractivity contribution in [2.75, 3.05) is 31.1 Å². The van der Waals surface area contributed by atoms with Gasteiger partial charge in [-0.1, -0.05) is 12.1 Å². The van der Waals surface area contributed by atoms with Crippen molar-refractivity contribution in [1.29, 1.82) is 0 Å². The number of rotatable bonds is 5. The Hall–Kier alpha value is -2.78. The van der Waals surface area contributed by atoms with E-state index in [1.165, 1.54) is 10.9 Å². The zero-order chi connectivity index (χ0) is 20.5. The van der Waals surface area contributed by atoms with Gasteiger partial charge in [0.05, 0.1) is 4.92 Å². The first-order valence-electron chi connectivity index (χ1n) is 9.42. The molecule has 152 valence electrons. The third-order valence-corrected chi connectivity index (χ3v) is 6.28. The number of hydrogen-bond acceptors (Lipinski definition) is 6. The van der Waals surface area contributed by atoms with E-state index in [1.807, 2.05) is 17.0 Å². The molecule has 0 aliphatic carbocycles. The molecule has 0 atom stereocenters. The lowest BCUT2D eigenvalue weighted by Crippen LogP contribution is -2.46. The first kappa shape index (κ1) is 19.5. The second kappa shape index (κ2) is 7.92. The number of benzene rings is 1. The molecule has 4 rings (SSSR count). The van der Waals surface area contributed by atoms with Crippen LogP contribution in [0.1, 0.15) is 10.6 Å². The highest BCUT2D eigenvalue weighted by Crippen LogP contribution is 2.32. The van der Waals surface area contributed by atoms with Gasteiger partial charge in [-0.15, -0.1) is 11.3 Å². The third-order valence-electron chi connectivity index (χ3n) is 5.17. The van der Waals surface area contributed by atoms with Gasteiger partial charge in [-0.25, -0.2) is 9.07 Å². The molecule has 9 heteroatoms. The minimum Gasteiger partial charge on any atom is -0.349 e. The summed E-state index contributed by atoms with van der Waals surface area (Å²) < 4.78 is 15.1. The van der Waals surface area contributed by atoms with Gasteiger partial charge in [0.2, 0.25) is 5.82 Å². The minimum atomic E-state index is -0.344. The summed E-state index contributed by atoms with van der Waals surface area (Å²) in [6, 6.07) is 10.8. The quantitative estimate of drug-likeness (QED) is 0.468. The van der Waals surface area contributed by atoms with Gasteiger partial charge in [0.1, 0.15) is 11.5 Å². The highest BCUT2D eigenvalue weighted by Gasteiger charge is 2.30. The van der Waals surface area contributed by atoms with E-state index in [-0.39, 0.29) is 16.4 Å². The summed E-state index contributed by atoms with van der Waals surface area (Å²) in [5.74, 6) is 0.352. The largest absolute Gasteiger partial charge is 0.349 e. The summed E-state index contributed by atoms with van der Waals surface area (Å²) in [5.41, 5.74) is 1.43. The fourth-order valence-corrected chi connectivity index (χ4v) is 4.85. The summed E-state index contributed by atoms with van der Waals surface area (Å²) in [7, 11) is 1.75. The molecular weight excluding hydrogens is 393 g/mol. The van der Waals surface area contributed by atoms with Crippen molar-refractivity contribution in [3.8, 4) is 10.4 Å². The Balaban J connectivity index is 1.41. The topological polar surface area (TPSA) is 67.4 Å². The summed E-state index contributed by atoms with van der Waals surface area (Å²) in [6.45, 7) is 5.54. The number of halogens is 1. The van der Waals surface area contributed by atoms with Crippen molar-refractivity contribution in [2.24, 2.45) is 7.05 Å². The zero-order valence-corrected chi connectivity index (χ0v) is 17.2. The number of anilines is 1. The Kier molecular flexibility index (Phi) is 5.33. The lowest BCUT2D eigenvalue weighted by molar-refractivity contribution is -0.384. The predicted octanol–water partition coefficient (Wildman–Crippen LogP) is 3.83. The summed E-state index contributed by atoms with van der Waals surface area (Å²) in [5, 5.41) is 15.7. The molecule has 0 bridgehead atoms. The number of thiophene rings is 1. The van der Waals surface area contributed by atoms with Crippen LogP contribution in [0, 0.1) is 22.9 Å².